The van der Waals surface area contributed by atoms with Crippen LogP contribution in [0.15, 0.2) is 12.4 Å². The van der Waals surface area contributed by atoms with Crippen LogP contribution in [0.25, 0.3) is 0 Å². The summed E-state index contributed by atoms with van der Waals surface area (Å²) in [6.07, 6.45) is 6.14. The van der Waals surface area contributed by atoms with E-state index in [-0.39, 0.29) is 6.54 Å². The Bertz CT molecular complexity index is 508. The standard InChI is InChI=1S/C16H27N5O2/c1-19-6-4-5-13(9-19)10-20(2)11-14-7-17-16(18-8-14)21(3)12-15(22)23/h7-8,13H,4-6,9-12H2,1-3H3,(H,22,23). The quantitative estimate of drug-likeness (QED) is 0.795. The molecule has 1 aromatic heterocycles. The molecule has 1 unspecified atom stereocenters. The molecule has 0 aromatic carbocycles. The Morgan fingerprint density at radius 3 is 2.70 bits per heavy atom. The van der Waals surface area contributed by atoms with Crippen LogP contribution in [-0.2, 0) is 11.3 Å². The summed E-state index contributed by atoms with van der Waals surface area (Å²) >= 11 is 0. The number of carboxylic acid groups (broad SMARTS) is 1. The van der Waals surface area contributed by atoms with Crippen molar-refractivity contribution in [2.45, 2.75) is 19.4 Å². The lowest BCUT2D eigenvalue weighted by Gasteiger charge is -2.32. The van der Waals surface area contributed by atoms with E-state index in [1.807, 2.05) is 0 Å². The van der Waals surface area contributed by atoms with Crippen LogP contribution in [0, 0.1) is 5.92 Å². The van der Waals surface area contributed by atoms with Crippen molar-refractivity contribution in [3.63, 3.8) is 0 Å². The fraction of sp³-hybridized carbons (Fsp3) is 0.688. The van der Waals surface area contributed by atoms with Crippen molar-refractivity contribution in [3.8, 4) is 0 Å². The molecule has 1 aromatic rings. The normalized spacial score (nSPS) is 19.0. The van der Waals surface area contributed by atoms with Gasteiger partial charge in [0.25, 0.3) is 0 Å². The summed E-state index contributed by atoms with van der Waals surface area (Å²) in [6, 6.07) is 0. The van der Waals surface area contributed by atoms with E-state index in [2.05, 4.69) is 33.9 Å². The first-order valence-corrected chi connectivity index (χ1v) is 8.05. The summed E-state index contributed by atoms with van der Waals surface area (Å²) in [5.41, 5.74) is 1.05. The fourth-order valence-electron chi connectivity index (χ4n) is 3.14. The Morgan fingerprint density at radius 2 is 2.09 bits per heavy atom. The second kappa shape index (κ2) is 8.21. The zero-order valence-electron chi connectivity index (χ0n) is 14.3. The van der Waals surface area contributed by atoms with Gasteiger partial charge in [0.05, 0.1) is 0 Å². The monoisotopic (exact) mass is 321 g/mol. The third-order valence-corrected chi connectivity index (χ3v) is 4.15. The SMILES string of the molecule is CN1CCCC(CN(C)Cc2cnc(N(C)CC(=O)O)nc2)C1. The summed E-state index contributed by atoms with van der Waals surface area (Å²) in [6.45, 7) is 4.15. The number of hydrogen-bond acceptors (Lipinski definition) is 6. The van der Waals surface area contributed by atoms with Gasteiger partial charge in [-0.05, 0) is 39.4 Å². The van der Waals surface area contributed by atoms with Gasteiger partial charge in [-0.2, -0.15) is 0 Å². The number of piperidine rings is 1. The van der Waals surface area contributed by atoms with Gasteiger partial charge in [-0.3, -0.25) is 4.79 Å². The predicted molar refractivity (Wildman–Crippen MR) is 89.5 cm³/mol. The molecule has 0 saturated carbocycles. The van der Waals surface area contributed by atoms with Gasteiger partial charge in [-0.1, -0.05) is 0 Å². The number of hydrogen-bond donors (Lipinski definition) is 1. The molecule has 1 saturated heterocycles. The Balaban J connectivity index is 1.83. The number of carbonyl (C=O) groups is 1. The molecule has 0 bridgehead atoms. The lowest BCUT2D eigenvalue weighted by molar-refractivity contribution is -0.135. The second-order valence-electron chi connectivity index (χ2n) is 6.61. The lowest BCUT2D eigenvalue weighted by Crippen LogP contribution is -2.37. The van der Waals surface area contributed by atoms with Crippen molar-refractivity contribution >= 4 is 11.9 Å². The molecule has 0 aliphatic carbocycles. The third-order valence-electron chi connectivity index (χ3n) is 4.15. The average molecular weight is 321 g/mol. The van der Waals surface area contributed by atoms with Crippen LogP contribution in [0.4, 0.5) is 5.95 Å². The summed E-state index contributed by atoms with van der Waals surface area (Å²) in [7, 11) is 5.99. The van der Waals surface area contributed by atoms with E-state index < -0.39 is 5.97 Å². The summed E-state index contributed by atoms with van der Waals surface area (Å²) < 4.78 is 0. The topological polar surface area (TPSA) is 72.8 Å². The van der Waals surface area contributed by atoms with Crippen molar-refractivity contribution < 1.29 is 9.90 Å². The molecule has 0 spiro atoms. The van der Waals surface area contributed by atoms with Gasteiger partial charge < -0.3 is 19.8 Å². The second-order valence-corrected chi connectivity index (χ2v) is 6.61. The minimum atomic E-state index is -0.891. The first-order valence-electron chi connectivity index (χ1n) is 8.05. The highest BCUT2D eigenvalue weighted by molar-refractivity contribution is 5.72. The molecule has 1 atom stereocenters. The Labute approximate surface area is 137 Å². The maximum Gasteiger partial charge on any atom is 0.323 e. The molecule has 1 aliphatic rings. The maximum absolute atomic E-state index is 10.7. The van der Waals surface area contributed by atoms with E-state index in [0.29, 0.717) is 5.95 Å². The average Bonchev–Trinajstić information content (AvgIpc) is 2.47. The molecule has 7 nitrogen and oxygen atoms in total. The number of rotatable bonds is 7. The van der Waals surface area contributed by atoms with Gasteiger partial charge >= 0.3 is 5.97 Å². The Morgan fingerprint density at radius 1 is 1.39 bits per heavy atom. The molecule has 128 valence electrons. The van der Waals surface area contributed by atoms with Gasteiger partial charge in [-0.15, -0.1) is 0 Å². The molecule has 23 heavy (non-hydrogen) atoms. The minimum Gasteiger partial charge on any atom is -0.480 e. The van der Waals surface area contributed by atoms with E-state index in [4.69, 9.17) is 5.11 Å². The maximum atomic E-state index is 10.7. The van der Waals surface area contributed by atoms with Crippen LogP contribution in [0.2, 0.25) is 0 Å². The minimum absolute atomic E-state index is 0.103. The number of likely N-dealkylation sites (tertiary alicyclic amines) is 1. The lowest BCUT2D eigenvalue weighted by atomic mass is 9.98. The highest BCUT2D eigenvalue weighted by Gasteiger charge is 2.18. The van der Waals surface area contributed by atoms with Crippen LogP contribution in [0.3, 0.4) is 0 Å². The third kappa shape index (κ3) is 5.76. The van der Waals surface area contributed by atoms with Crippen LogP contribution in [-0.4, -0.2) is 78.2 Å². The molecule has 2 heterocycles. The van der Waals surface area contributed by atoms with Crippen molar-refractivity contribution in [2.75, 3.05) is 52.2 Å². The van der Waals surface area contributed by atoms with E-state index >= 15 is 0 Å². The first kappa shape index (κ1) is 17.6. The molecular formula is C16H27N5O2. The predicted octanol–water partition coefficient (Wildman–Crippen LogP) is 0.771. The largest absolute Gasteiger partial charge is 0.480 e. The van der Waals surface area contributed by atoms with Gasteiger partial charge in [0.2, 0.25) is 5.95 Å². The van der Waals surface area contributed by atoms with Crippen molar-refractivity contribution in [1.29, 1.82) is 0 Å². The van der Waals surface area contributed by atoms with E-state index in [1.165, 1.54) is 30.8 Å². The summed E-state index contributed by atoms with van der Waals surface area (Å²) in [5, 5.41) is 8.79. The molecule has 1 aliphatic heterocycles. The van der Waals surface area contributed by atoms with Crippen LogP contribution in [0.5, 0.6) is 0 Å². The molecule has 1 fully saturated rings. The Kier molecular flexibility index (Phi) is 6.29. The molecule has 2 rings (SSSR count). The molecule has 0 radical (unpaired) electrons. The number of carboxylic acids is 1. The van der Waals surface area contributed by atoms with Gasteiger partial charge in [0, 0.05) is 44.6 Å². The highest BCUT2D eigenvalue weighted by Crippen LogP contribution is 2.16. The van der Waals surface area contributed by atoms with Gasteiger partial charge in [-0.25, -0.2) is 9.97 Å². The van der Waals surface area contributed by atoms with E-state index in [9.17, 15) is 4.79 Å². The Hall–Kier alpha value is -1.73. The summed E-state index contributed by atoms with van der Waals surface area (Å²) in [5.74, 6) is 0.269. The van der Waals surface area contributed by atoms with Crippen LogP contribution in [0.1, 0.15) is 18.4 Å². The number of likely N-dealkylation sites (N-methyl/N-ethyl adjacent to an activating group) is 1. The molecule has 0 amide bonds. The van der Waals surface area contributed by atoms with Crippen molar-refractivity contribution in [2.24, 2.45) is 5.92 Å². The first-order chi connectivity index (χ1) is 10.9. The van der Waals surface area contributed by atoms with E-state index in [1.54, 1.807) is 19.4 Å². The smallest absolute Gasteiger partial charge is 0.323 e. The van der Waals surface area contributed by atoms with Crippen molar-refractivity contribution in [1.82, 2.24) is 19.8 Å². The van der Waals surface area contributed by atoms with Crippen molar-refractivity contribution in [3.05, 3.63) is 18.0 Å². The number of aromatic nitrogens is 2. The number of anilines is 1. The van der Waals surface area contributed by atoms with Gasteiger partial charge in [0.15, 0.2) is 0 Å². The molecule has 1 N–H and O–H groups in total. The molecule has 7 heteroatoms. The fourth-order valence-corrected chi connectivity index (χ4v) is 3.14. The highest BCUT2D eigenvalue weighted by atomic mass is 16.4. The zero-order valence-corrected chi connectivity index (χ0v) is 14.3. The molecular weight excluding hydrogens is 294 g/mol. The number of nitrogens with zero attached hydrogens (tertiary/aromatic N) is 5. The van der Waals surface area contributed by atoms with E-state index in [0.717, 1.165) is 24.6 Å². The van der Waals surface area contributed by atoms with Crippen LogP contribution < -0.4 is 4.90 Å². The summed E-state index contributed by atoms with van der Waals surface area (Å²) in [4.78, 5) is 25.5. The number of aliphatic carboxylic acids is 1. The van der Waals surface area contributed by atoms with Crippen LogP contribution >= 0.6 is 0 Å². The zero-order chi connectivity index (χ0) is 16.8. The van der Waals surface area contributed by atoms with Gasteiger partial charge in [0.1, 0.15) is 6.54 Å².